The maximum absolute atomic E-state index is 12.8. The van der Waals surface area contributed by atoms with Crippen LogP contribution in [0.5, 0.6) is 11.5 Å². The SMILES string of the molecule is COc1ccc(/C=N/N2C(=S)SC(C)(C)C2N(O)C(=O)Nc2ccc([N+](=O)[O-])cc2)cc1OC. The van der Waals surface area contributed by atoms with E-state index in [2.05, 4.69) is 10.4 Å². The molecule has 1 unspecified atom stereocenters. The molecule has 0 aromatic heterocycles. The van der Waals surface area contributed by atoms with E-state index in [4.69, 9.17) is 21.7 Å². The summed E-state index contributed by atoms with van der Waals surface area (Å²) in [6.45, 7) is 3.64. The Morgan fingerprint density at radius 3 is 2.50 bits per heavy atom. The summed E-state index contributed by atoms with van der Waals surface area (Å²) in [7, 11) is 3.06. The fourth-order valence-electron chi connectivity index (χ4n) is 3.25. The third-order valence-corrected chi connectivity index (χ3v) is 6.43. The van der Waals surface area contributed by atoms with Crippen LogP contribution in [-0.4, -0.2) is 61.9 Å². The van der Waals surface area contributed by atoms with E-state index < -0.39 is 21.9 Å². The Morgan fingerprint density at radius 2 is 1.91 bits per heavy atom. The van der Waals surface area contributed by atoms with Crippen LogP contribution in [-0.2, 0) is 0 Å². The molecule has 2 aromatic carbocycles. The molecule has 3 rings (SSSR count). The van der Waals surface area contributed by atoms with Crippen molar-refractivity contribution in [3.8, 4) is 11.5 Å². The number of carbonyl (C=O) groups excluding carboxylic acids is 1. The van der Waals surface area contributed by atoms with Crippen LogP contribution in [0.15, 0.2) is 47.6 Å². The molecule has 1 aliphatic heterocycles. The molecule has 0 spiro atoms. The minimum absolute atomic E-state index is 0.117. The van der Waals surface area contributed by atoms with Crippen molar-refractivity contribution in [1.29, 1.82) is 0 Å². The van der Waals surface area contributed by atoms with Crippen molar-refractivity contribution in [3.63, 3.8) is 0 Å². The zero-order valence-corrected chi connectivity index (χ0v) is 20.4. The number of nitro groups is 1. The lowest BCUT2D eigenvalue weighted by atomic mass is 10.1. The molecule has 1 aliphatic rings. The van der Waals surface area contributed by atoms with Crippen molar-refractivity contribution in [3.05, 3.63) is 58.1 Å². The van der Waals surface area contributed by atoms with Crippen molar-refractivity contribution in [1.82, 2.24) is 10.1 Å². The topological polar surface area (TPSA) is 130 Å². The number of urea groups is 1. The Bertz CT molecular complexity index is 1130. The number of hydrazone groups is 1. The van der Waals surface area contributed by atoms with Crippen LogP contribution in [0.3, 0.4) is 0 Å². The zero-order chi connectivity index (χ0) is 25.0. The number of hydroxylamine groups is 2. The molecule has 0 aliphatic carbocycles. The van der Waals surface area contributed by atoms with Gasteiger partial charge in [0.15, 0.2) is 22.0 Å². The largest absolute Gasteiger partial charge is 0.493 e. The Labute approximate surface area is 205 Å². The lowest BCUT2D eigenvalue weighted by Gasteiger charge is -2.34. The second-order valence-corrected chi connectivity index (χ2v) is 9.92. The average molecular weight is 506 g/mol. The van der Waals surface area contributed by atoms with Gasteiger partial charge in [0.25, 0.3) is 5.69 Å². The Morgan fingerprint density at radius 1 is 1.26 bits per heavy atom. The molecule has 0 radical (unpaired) electrons. The van der Waals surface area contributed by atoms with Gasteiger partial charge in [-0.15, -0.1) is 0 Å². The molecule has 1 saturated heterocycles. The second-order valence-electron chi connectivity index (χ2n) is 7.63. The number of non-ortho nitro benzene ring substituents is 1. The van der Waals surface area contributed by atoms with Crippen LogP contribution >= 0.6 is 24.0 Å². The van der Waals surface area contributed by atoms with Crippen molar-refractivity contribution >= 4 is 51.9 Å². The van der Waals surface area contributed by atoms with E-state index in [0.717, 1.165) is 0 Å². The first-order valence-corrected chi connectivity index (χ1v) is 11.1. The van der Waals surface area contributed by atoms with Crippen molar-refractivity contribution in [2.75, 3.05) is 19.5 Å². The Kier molecular flexibility index (Phi) is 7.59. The lowest BCUT2D eigenvalue weighted by molar-refractivity contribution is -0.384. The fraction of sp³-hybridized carbons (Fsp3) is 0.286. The number of amides is 2. The molecular formula is C21H23N5O6S2. The Balaban J connectivity index is 1.81. The lowest BCUT2D eigenvalue weighted by Crippen LogP contribution is -2.54. The van der Waals surface area contributed by atoms with Gasteiger partial charge in [-0.05, 0) is 49.7 Å². The molecular weight excluding hydrogens is 482 g/mol. The highest BCUT2D eigenvalue weighted by atomic mass is 32.2. The summed E-state index contributed by atoms with van der Waals surface area (Å²) in [5, 5.41) is 30.4. The van der Waals surface area contributed by atoms with Crippen molar-refractivity contribution in [2.24, 2.45) is 5.10 Å². The van der Waals surface area contributed by atoms with Gasteiger partial charge in [0.1, 0.15) is 0 Å². The number of nitrogens with zero attached hydrogens (tertiary/aromatic N) is 4. The number of thioether (sulfide) groups is 1. The number of benzene rings is 2. The van der Waals surface area contributed by atoms with Gasteiger partial charge >= 0.3 is 6.03 Å². The van der Waals surface area contributed by atoms with Crippen LogP contribution in [0.25, 0.3) is 0 Å². The summed E-state index contributed by atoms with van der Waals surface area (Å²) in [6.07, 6.45) is 0.602. The molecule has 1 atom stereocenters. The number of anilines is 1. The third kappa shape index (κ3) is 5.38. The summed E-state index contributed by atoms with van der Waals surface area (Å²) in [5.74, 6) is 1.09. The first kappa shape index (κ1) is 25.2. The molecule has 34 heavy (non-hydrogen) atoms. The first-order valence-electron chi connectivity index (χ1n) is 9.89. The van der Waals surface area contributed by atoms with Gasteiger partial charge in [-0.2, -0.15) is 10.2 Å². The molecule has 13 heteroatoms. The maximum atomic E-state index is 12.8. The molecule has 2 aromatic rings. The number of carbonyl (C=O) groups is 1. The van der Waals surface area contributed by atoms with Gasteiger partial charge in [-0.1, -0.05) is 24.0 Å². The van der Waals surface area contributed by atoms with Crippen LogP contribution in [0.4, 0.5) is 16.2 Å². The summed E-state index contributed by atoms with van der Waals surface area (Å²) in [4.78, 5) is 23.0. The number of thiocarbonyl (C=S) groups is 1. The van der Waals surface area contributed by atoms with Crippen molar-refractivity contribution in [2.45, 2.75) is 24.8 Å². The number of hydrogen-bond donors (Lipinski definition) is 2. The summed E-state index contributed by atoms with van der Waals surface area (Å²) in [5.41, 5.74) is 0.850. The summed E-state index contributed by atoms with van der Waals surface area (Å²) < 4.78 is 10.2. The van der Waals surface area contributed by atoms with E-state index in [1.807, 2.05) is 13.8 Å². The maximum Gasteiger partial charge on any atom is 0.347 e. The van der Waals surface area contributed by atoms with Crippen LogP contribution < -0.4 is 14.8 Å². The van der Waals surface area contributed by atoms with Gasteiger partial charge in [0.2, 0.25) is 0 Å². The predicted octanol–water partition coefficient (Wildman–Crippen LogP) is 4.31. The van der Waals surface area contributed by atoms with Crippen LogP contribution in [0.1, 0.15) is 19.4 Å². The standard InChI is InChI=1S/C21H23N5O6S2/c1-21(2)18(25(28)19(27)23-14-6-8-15(9-7-14)26(29)30)24(20(33)34-21)22-12-13-5-10-16(31-3)17(11-13)32-4/h5-12,18,28H,1-4H3,(H,23,27)/b22-12+. The monoisotopic (exact) mass is 505 g/mol. The normalized spacial score (nSPS) is 17.0. The molecule has 2 amide bonds. The number of ether oxygens (including phenoxy) is 2. The highest BCUT2D eigenvalue weighted by Gasteiger charge is 2.50. The van der Waals surface area contributed by atoms with Crippen LogP contribution in [0.2, 0.25) is 0 Å². The molecule has 180 valence electrons. The average Bonchev–Trinajstić information content (AvgIpc) is 3.04. The highest BCUT2D eigenvalue weighted by molar-refractivity contribution is 8.24. The minimum atomic E-state index is -0.931. The third-order valence-electron chi connectivity index (χ3n) is 4.90. The number of nitro benzene ring substituents is 1. The van der Waals surface area contributed by atoms with Gasteiger partial charge in [-0.25, -0.2) is 9.80 Å². The number of methoxy groups -OCH3 is 2. The fourth-order valence-corrected chi connectivity index (χ4v) is 5.03. The Hall–Kier alpha value is -3.42. The molecule has 2 N–H and O–H groups in total. The smallest absolute Gasteiger partial charge is 0.347 e. The molecule has 0 bridgehead atoms. The highest BCUT2D eigenvalue weighted by Crippen LogP contribution is 2.42. The van der Waals surface area contributed by atoms with Crippen molar-refractivity contribution < 1.29 is 24.4 Å². The van der Waals surface area contributed by atoms with E-state index in [1.165, 1.54) is 61.5 Å². The second kappa shape index (κ2) is 10.2. The minimum Gasteiger partial charge on any atom is -0.493 e. The van der Waals surface area contributed by atoms with Gasteiger partial charge in [0, 0.05) is 17.8 Å². The molecule has 1 fully saturated rings. The zero-order valence-electron chi connectivity index (χ0n) is 18.8. The molecule has 1 heterocycles. The van der Waals surface area contributed by atoms with E-state index in [1.54, 1.807) is 18.2 Å². The predicted molar refractivity (Wildman–Crippen MR) is 133 cm³/mol. The van der Waals surface area contributed by atoms with Gasteiger partial charge in [0.05, 0.1) is 30.1 Å². The quantitative estimate of drug-likeness (QED) is 0.186. The van der Waals surface area contributed by atoms with E-state index in [-0.39, 0.29) is 11.4 Å². The molecule has 0 saturated carbocycles. The van der Waals surface area contributed by atoms with Crippen LogP contribution in [0, 0.1) is 10.1 Å². The van der Waals surface area contributed by atoms with Gasteiger partial charge in [-0.3, -0.25) is 15.3 Å². The summed E-state index contributed by atoms with van der Waals surface area (Å²) >= 11 is 6.73. The number of hydrogen-bond acceptors (Lipinski definition) is 9. The summed E-state index contributed by atoms with van der Waals surface area (Å²) in [6, 6.07) is 9.63. The molecule has 11 nitrogen and oxygen atoms in total. The first-order chi connectivity index (χ1) is 16.1. The van der Waals surface area contributed by atoms with E-state index in [0.29, 0.717) is 26.4 Å². The van der Waals surface area contributed by atoms with Gasteiger partial charge < -0.3 is 14.8 Å². The number of rotatable bonds is 7. The van der Waals surface area contributed by atoms with E-state index in [9.17, 15) is 20.1 Å². The van der Waals surface area contributed by atoms with E-state index >= 15 is 0 Å². The number of nitrogens with one attached hydrogen (secondary N) is 1.